The van der Waals surface area contributed by atoms with Gasteiger partial charge in [-0.15, -0.1) is 0 Å². The fourth-order valence-electron chi connectivity index (χ4n) is 1.23. The van der Waals surface area contributed by atoms with Crippen LogP contribution in [0.1, 0.15) is 17.3 Å². The minimum atomic E-state index is -1.12. The van der Waals surface area contributed by atoms with Gasteiger partial charge in [-0.25, -0.2) is 9.86 Å². The number of aliphatic carboxylic acids is 1. The van der Waals surface area contributed by atoms with E-state index >= 15 is 0 Å². The second-order valence-electron chi connectivity index (χ2n) is 3.19. The Morgan fingerprint density at radius 2 is 1.88 bits per heavy atom. The normalized spacial score (nSPS) is 11.9. The molecular weight excluding hydrogens is 210 g/mol. The van der Waals surface area contributed by atoms with E-state index in [4.69, 9.17) is 9.94 Å². The van der Waals surface area contributed by atoms with Crippen molar-refractivity contribution in [2.24, 2.45) is 0 Å². The standard InChI is InChI=1S/C11H13NO4/c1-8(11(14)15)12(16-2)10(13)9-6-4-3-5-7-9/h3-8H,1-2H3,(H,14,15). The number of carboxylic acids is 1. The van der Waals surface area contributed by atoms with E-state index in [9.17, 15) is 9.59 Å². The predicted octanol–water partition coefficient (Wildman–Crippen LogP) is 1.16. The van der Waals surface area contributed by atoms with Crippen molar-refractivity contribution < 1.29 is 19.5 Å². The number of carbonyl (C=O) groups excluding carboxylic acids is 1. The van der Waals surface area contributed by atoms with Crippen molar-refractivity contribution >= 4 is 11.9 Å². The average Bonchev–Trinajstić information content (AvgIpc) is 2.30. The van der Waals surface area contributed by atoms with E-state index in [0.717, 1.165) is 5.06 Å². The Kier molecular flexibility index (Phi) is 4.02. The van der Waals surface area contributed by atoms with Crippen LogP contribution in [0, 0.1) is 0 Å². The third-order valence-corrected chi connectivity index (χ3v) is 2.13. The molecule has 0 spiro atoms. The zero-order valence-electron chi connectivity index (χ0n) is 9.08. The largest absolute Gasteiger partial charge is 0.480 e. The van der Waals surface area contributed by atoms with E-state index in [0.29, 0.717) is 5.56 Å². The van der Waals surface area contributed by atoms with Gasteiger partial charge in [-0.3, -0.25) is 9.63 Å². The van der Waals surface area contributed by atoms with E-state index < -0.39 is 17.9 Å². The highest BCUT2D eigenvalue weighted by atomic mass is 16.7. The summed E-state index contributed by atoms with van der Waals surface area (Å²) >= 11 is 0. The number of hydrogen-bond donors (Lipinski definition) is 1. The second kappa shape index (κ2) is 5.27. The van der Waals surface area contributed by atoms with Crippen molar-refractivity contribution in [1.82, 2.24) is 5.06 Å². The Hall–Kier alpha value is -1.88. The van der Waals surface area contributed by atoms with Gasteiger partial charge in [0, 0.05) is 5.56 Å². The number of nitrogens with zero attached hydrogens (tertiary/aromatic N) is 1. The summed E-state index contributed by atoms with van der Waals surface area (Å²) < 4.78 is 0. The van der Waals surface area contributed by atoms with Crippen molar-refractivity contribution in [3.8, 4) is 0 Å². The summed E-state index contributed by atoms with van der Waals surface area (Å²) in [5.74, 6) is -1.59. The number of hydrogen-bond acceptors (Lipinski definition) is 3. The van der Waals surface area contributed by atoms with Crippen LogP contribution in [0.2, 0.25) is 0 Å². The number of benzene rings is 1. The minimum Gasteiger partial charge on any atom is -0.480 e. The van der Waals surface area contributed by atoms with Crippen LogP contribution in [-0.4, -0.2) is 35.2 Å². The molecule has 0 saturated heterocycles. The van der Waals surface area contributed by atoms with E-state index in [2.05, 4.69) is 0 Å². The maximum atomic E-state index is 11.9. The summed E-state index contributed by atoms with van der Waals surface area (Å²) in [5.41, 5.74) is 0.387. The maximum absolute atomic E-state index is 11.9. The summed E-state index contributed by atoms with van der Waals surface area (Å²) in [5, 5.41) is 9.64. The molecule has 16 heavy (non-hydrogen) atoms. The number of amides is 1. The van der Waals surface area contributed by atoms with Crippen molar-refractivity contribution in [2.45, 2.75) is 13.0 Å². The van der Waals surface area contributed by atoms with Crippen molar-refractivity contribution in [1.29, 1.82) is 0 Å². The van der Waals surface area contributed by atoms with Crippen LogP contribution in [0.25, 0.3) is 0 Å². The van der Waals surface area contributed by atoms with E-state index in [1.54, 1.807) is 30.3 Å². The zero-order valence-corrected chi connectivity index (χ0v) is 9.08. The monoisotopic (exact) mass is 223 g/mol. The van der Waals surface area contributed by atoms with E-state index in [1.807, 2.05) is 0 Å². The third kappa shape index (κ3) is 2.58. The molecule has 1 aromatic rings. The highest BCUT2D eigenvalue weighted by Crippen LogP contribution is 2.08. The summed E-state index contributed by atoms with van der Waals surface area (Å²) in [4.78, 5) is 27.4. The van der Waals surface area contributed by atoms with Crippen LogP contribution < -0.4 is 0 Å². The Bertz CT molecular complexity index is 377. The lowest BCUT2D eigenvalue weighted by Gasteiger charge is -2.23. The summed E-state index contributed by atoms with van der Waals surface area (Å²) in [6.07, 6.45) is 0. The first-order chi connectivity index (χ1) is 7.57. The topological polar surface area (TPSA) is 66.8 Å². The van der Waals surface area contributed by atoms with Crippen LogP contribution in [0.15, 0.2) is 30.3 Å². The van der Waals surface area contributed by atoms with Gasteiger partial charge in [-0.2, -0.15) is 0 Å². The molecule has 0 aliphatic heterocycles. The fraction of sp³-hybridized carbons (Fsp3) is 0.273. The maximum Gasteiger partial charge on any atom is 0.328 e. The van der Waals surface area contributed by atoms with Gasteiger partial charge in [0.15, 0.2) is 6.04 Å². The first-order valence-electron chi connectivity index (χ1n) is 4.73. The number of carbonyl (C=O) groups is 2. The Morgan fingerprint density at radius 1 is 1.31 bits per heavy atom. The Balaban J connectivity index is 2.90. The van der Waals surface area contributed by atoms with Crippen LogP contribution in [0.3, 0.4) is 0 Å². The molecule has 0 aliphatic carbocycles. The molecule has 1 unspecified atom stereocenters. The molecule has 0 bridgehead atoms. The van der Waals surface area contributed by atoms with Gasteiger partial charge in [-0.05, 0) is 19.1 Å². The molecule has 1 rings (SSSR count). The number of carboxylic acid groups (broad SMARTS) is 1. The van der Waals surface area contributed by atoms with Crippen molar-refractivity contribution in [3.63, 3.8) is 0 Å². The smallest absolute Gasteiger partial charge is 0.328 e. The molecule has 0 heterocycles. The first-order valence-corrected chi connectivity index (χ1v) is 4.73. The lowest BCUT2D eigenvalue weighted by Crippen LogP contribution is -2.42. The van der Waals surface area contributed by atoms with Gasteiger partial charge < -0.3 is 5.11 Å². The molecule has 1 N–H and O–H groups in total. The van der Waals surface area contributed by atoms with Gasteiger partial charge >= 0.3 is 5.97 Å². The zero-order chi connectivity index (χ0) is 12.1. The Labute approximate surface area is 93.2 Å². The minimum absolute atomic E-state index is 0.387. The molecule has 0 radical (unpaired) electrons. The molecule has 5 nitrogen and oxygen atoms in total. The lowest BCUT2D eigenvalue weighted by molar-refractivity contribution is -0.163. The van der Waals surface area contributed by atoms with E-state index in [-0.39, 0.29) is 0 Å². The molecule has 1 atom stereocenters. The second-order valence-corrected chi connectivity index (χ2v) is 3.19. The van der Waals surface area contributed by atoms with Gasteiger partial charge in [0.1, 0.15) is 0 Å². The molecule has 1 aromatic carbocycles. The highest BCUT2D eigenvalue weighted by Gasteiger charge is 2.26. The molecule has 0 saturated carbocycles. The molecule has 0 fully saturated rings. The number of hydroxylamine groups is 2. The average molecular weight is 223 g/mol. The van der Waals surface area contributed by atoms with Crippen LogP contribution in [-0.2, 0) is 9.63 Å². The summed E-state index contributed by atoms with van der Waals surface area (Å²) in [6, 6.07) is 7.34. The fourth-order valence-corrected chi connectivity index (χ4v) is 1.23. The number of rotatable bonds is 4. The highest BCUT2D eigenvalue weighted by molar-refractivity contribution is 5.95. The summed E-state index contributed by atoms with van der Waals surface area (Å²) in [7, 11) is 1.26. The lowest BCUT2D eigenvalue weighted by atomic mass is 10.2. The molecule has 0 aliphatic rings. The van der Waals surface area contributed by atoms with Crippen molar-refractivity contribution in [3.05, 3.63) is 35.9 Å². The van der Waals surface area contributed by atoms with Gasteiger partial charge in [-0.1, -0.05) is 18.2 Å². The predicted molar refractivity (Wildman–Crippen MR) is 56.7 cm³/mol. The van der Waals surface area contributed by atoms with Crippen LogP contribution in [0.4, 0.5) is 0 Å². The molecule has 1 amide bonds. The molecular formula is C11H13NO4. The van der Waals surface area contributed by atoms with E-state index in [1.165, 1.54) is 14.0 Å². The first kappa shape index (κ1) is 12.2. The van der Waals surface area contributed by atoms with Crippen LogP contribution >= 0.6 is 0 Å². The third-order valence-electron chi connectivity index (χ3n) is 2.13. The molecule has 5 heteroatoms. The van der Waals surface area contributed by atoms with Gasteiger partial charge in [0.25, 0.3) is 5.91 Å². The van der Waals surface area contributed by atoms with Crippen LogP contribution in [0.5, 0.6) is 0 Å². The van der Waals surface area contributed by atoms with Gasteiger partial charge in [0.05, 0.1) is 7.11 Å². The SMILES string of the molecule is CON(C(=O)c1ccccc1)C(C)C(=O)O. The van der Waals surface area contributed by atoms with Crippen molar-refractivity contribution in [2.75, 3.05) is 7.11 Å². The van der Waals surface area contributed by atoms with Gasteiger partial charge in [0.2, 0.25) is 0 Å². The quantitative estimate of drug-likeness (QED) is 0.778. The molecule has 0 aromatic heterocycles. The molecule has 86 valence electrons. The Morgan fingerprint density at radius 3 is 2.31 bits per heavy atom. The summed E-state index contributed by atoms with van der Waals surface area (Å²) in [6.45, 7) is 1.38.